The molecule has 0 atom stereocenters. The van der Waals surface area contributed by atoms with Crippen molar-refractivity contribution >= 4 is 78.0 Å². The monoisotopic (exact) mass is 595 g/mol. The fourth-order valence-corrected chi connectivity index (χ4v) is 6.41. The van der Waals surface area contributed by atoms with Crippen LogP contribution in [0, 0.1) is 0 Å². The van der Waals surface area contributed by atoms with E-state index < -0.39 is 0 Å². The molecule has 4 N–H and O–H groups in total. The number of hydrogen-bond acceptors (Lipinski definition) is 11. The third kappa shape index (κ3) is 5.09. The number of halogens is 1. The second-order valence-electron chi connectivity index (χ2n) is 8.94. The molecule has 0 aliphatic rings. The molecule has 0 amide bonds. The molecular formula is C29H18ClN7O2S2. The normalized spacial score (nSPS) is 11.2. The van der Waals surface area contributed by atoms with Crippen LogP contribution in [0.1, 0.15) is 0 Å². The summed E-state index contributed by atoms with van der Waals surface area (Å²) in [6, 6.07) is 25.8. The topological polar surface area (TPSA) is 129 Å². The van der Waals surface area contributed by atoms with Crippen LogP contribution in [0.3, 0.4) is 0 Å². The zero-order chi connectivity index (χ0) is 27.9. The Hall–Kier alpha value is -4.84. The van der Waals surface area contributed by atoms with Crippen LogP contribution in [-0.4, -0.2) is 35.1 Å². The Kier molecular flexibility index (Phi) is 6.31. The molecule has 0 aliphatic carbocycles. The number of nitrogens with one attached hydrogen (secondary N) is 2. The van der Waals surface area contributed by atoms with Gasteiger partial charge in [-0.2, -0.15) is 15.0 Å². The number of aromatic hydroxyl groups is 2. The summed E-state index contributed by atoms with van der Waals surface area (Å²) in [6.07, 6.45) is 0. The molecule has 9 nitrogen and oxygen atoms in total. The molecule has 0 spiro atoms. The van der Waals surface area contributed by atoms with Crippen molar-refractivity contribution < 1.29 is 10.2 Å². The number of thiazole rings is 2. The van der Waals surface area contributed by atoms with E-state index in [1.807, 2.05) is 48.5 Å². The van der Waals surface area contributed by atoms with E-state index in [0.717, 1.165) is 20.4 Å². The van der Waals surface area contributed by atoms with Gasteiger partial charge >= 0.3 is 0 Å². The van der Waals surface area contributed by atoms with Gasteiger partial charge < -0.3 is 20.8 Å². The average Bonchev–Trinajstić information content (AvgIpc) is 3.59. The maximum absolute atomic E-state index is 10.5. The maximum Gasteiger partial charge on any atom is 0.233 e. The van der Waals surface area contributed by atoms with Crippen LogP contribution >= 0.6 is 34.3 Å². The van der Waals surface area contributed by atoms with Crippen molar-refractivity contribution in [2.24, 2.45) is 0 Å². The smallest absolute Gasteiger partial charge is 0.233 e. The summed E-state index contributed by atoms with van der Waals surface area (Å²) in [6.45, 7) is 0. The number of fused-ring (bicyclic) bond motifs is 2. The van der Waals surface area contributed by atoms with Gasteiger partial charge in [0, 0.05) is 11.4 Å². The number of phenols is 2. The van der Waals surface area contributed by atoms with Gasteiger partial charge in [0.15, 0.2) is 0 Å². The number of aromatic nitrogens is 5. The fourth-order valence-electron chi connectivity index (χ4n) is 4.27. The second-order valence-corrected chi connectivity index (χ2v) is 11.3. The largest absolute Gasteiger partial charge is 0.507 e. The highest BCUT2D eigenvalue weighted by Gasteiger charge is 2.15. The minimum absolute atomic E-state index is 0.0136. The lowest BCUT2D eigenvalue weighted by atomic mass is 10.2. The van der Waals surface area contributed by atoms with E-state index >= 15 is 0 Å². The van der Waals surface area contributed by atoms with Crippen molar-refractivity contribution in [1.29, 1.82) is 0 Å². The van der Waals surface area contributed by atoms with Gasteiger partial charge in [-0.1, -0.05) is 24.3 Å². The molecule has 12 heteroatoms. The lowest BCUT2D eigenvalue weighted by Crippen LogP contribution is -2.04. The van der Waals surface area contributed by atoms with Crippen molar-refractivity contribution in [2.45, 2.75) is 0 Å². The van der Waals surface area contributed by atoms with E-state index in [2.05, 4.69) is 35.6 Å². The predicted molar refractivity (Wildman–Crippen MR) is 165 cm³/mol. The van der Waals surface area contributed by atoms with Crippen LogP contribution in [0.5, 0.6) is 11.5 Å². The summed E-state index contributed by atoms with van der Waals surface area (Å²) in [5.74, 6) is 0.640. The van der Waals surface area contributed by atoms with Gasteiger partial charge in [-0.25, -0.2) is 9.97 Å². The van der Waals surface area contributed by atoms with Crippen molar-refractivity contribution in [3.05, 3.63) is 90.2 Å². The molecular weight excluding hydrogens is 578 g/mol. The van der Waals surface area contributed by atoms with Crippen LogP contribution in [-0.2, 0) is 0 Å². The van der Waals surface area contributed by atoms with Gasteiger partial charge in [-0.3, -0.25) is 0 Å². The van der Waals surface area contributed by atoms with Crippen molar-refractivity contribution in [2.75, 3.05) is 10.6 Å². The summed E-state index contributed by atoms with van der Waals surface area (Å²) in [4.78, 5) is 22.2. The Bertz CT molecular complexity index is 1870. The molecule has 7 rings (SSSR count). The maximum atomic E-state index is 10.5. The highest BCUT2D eigenvalue weighted by atomic mass is 35.5. The lowest BCUT2D eigenvalue weighted by Gasteiger charge is -2.11. The van der Waals surface area contributed by atoms with Crippen molar-refractivity contribution in [3.8, 4) is 32.6 Å². The molecule has 0 fully saturated rings. The zero-order valence-corrected chi connectivity index (χ0v) is 23.3. The van der Waals surface area contributed by atoms with E-state index in [0.29, 0.717) is 32.5 Å². The molecule has 0 saturated carbocycles. The minimum Gasteiger partial charge on any atom is -0.507 e. The molecule has 200 valence electrons. The van der Waals surface area contributed by atoms with Crippen LogP contribution in [0.15, 0.2) is 84.9 Å². The first-order chi connectivity index (χ1) is 20.0. The first kappa shape index (κ1) is 25.1. The van der Waals surface area contributed by atoms with E-state index in [9.17, 15) is 10.2 Å². The van der Waals surface area contributed by atoms with Gasteiger partial charge in [-0.15, -0.1) is 22.7 Å². The summed E-state index contributed by atoms with van der Waals surface area (Å²) < 4.78 is 2.06. The number of benzene rings is 4. The molecule has 7 aromatic rings. The Labute approximate surface area is 245 Å². The first-order valence-corrected chi connectivity index (χ1v) is 14.3. The molecule has 3 aromatic heterocycles. The molecule has 0 aliphatic heterocycles. The number of rotatable bonds is 6. The fraction of sp³-hybridized carbons (Fsp3) is 0. The summed E-state index contributed by atoms with van der Waals surface area (Å²) >= 11 is 9.23. The Morgan fingerprint density at radius 2 is 1.02 bits per heavy atom. The molecule has 0 saturated heterocycles. The number of hydrogen-bond donors (Lipinski definition) is 4. The van der Waals surface area contributed by atoms with Crippen LogP contribution in [0.25, 0.3) is 41.6 Å². The third-order valence-corrected chi connectivity index (χ3v) is 8.47. The average molecular weight is 596 g/mol. The molecule has 0 unspecified atom stereocenters. The summed E-state index contributed by atoms with van der Waals surface area (Å²) in [7, 11) is 0. The van der Waals surface area contributed by atoms with Crippen molar-refractivity contribution in [3.63, 3.8) is 0 Å². The van der Waals surface area contributed by atoms with Crippen molar-refractivity contribution in [1.82, 2.24) is 24.9 Å². The standard InChI is InChI=1S/C29H18ClN7O2S2/c30-27-35-28(31-15-9-11-21(38)17(13-15)25-33-19-5-1-3-7-23(19)40-25)37-29(36-27)32-16-10-12-22(39)18(14-16)26-34-20-6-2-4-8-24(20)41-26/h1-14,38-39H,(H2,31,32,35,36,37). The number of anilines is 4. The summed E-state index contributed by atoms with van der Waals surface area (Å²) in [5.41, 5.74) is 4.17. The van der Waals surface area contributed by atoms with E-state index in [1.54, 1.807) is 36.4 Å². The van der Waals surface area contributed by atoms with Gasteiger partial charge in [0.1, 0.15) is 21.5 Å². The third-order valence-electron chi connectivity index (χ3n) is 6.16. The number of phenolic OH excluding ortho intramolecular Hbond substituents is 2. The highest BCUT2D eigenvalue weighted by Crippen LogP contribution is 2.38. The Morgan fingerprint density at radius 1 is 0.561 bits per heavy atom. The molecule has 0 radical (unpaired) electrons. The van der Waals surface area contributed by atoms with E-state index in [1.165, 1.54) is 22.7 Å². The van der Waals surface area contributed by atoms with Gasteiger partial charge in [0.25, 0.3) is 0 Å². The minimum atomic E-state index is -0.0136. The van der Waals surface area contributed by atoms with E-state index in [-0.39, 0.29) is 28.7 Å². The molecule has 0 bridgehead atoms. The van der Waals surface area contributed by atoms with Crippen LogP contribution in [0.2, 0.25) is 5.28 Å². The summed E-state index contributed by atoms with van der Waals surface area (Å²) in [5, 5.41) is 28.7. The second kappa shape index (κ2) is 10.3. The molecule has 41 heavy (non-hydrogen) atoms. The van der Waals surface area contributed by atoms with Gasteiger partial charge in [0.2, 0.25) is 17.2 Å². The zero-order valence-electron chi connectivity index (χ0n) is 20.9. The highest BCUT2D eigenvalue weighted by molar-refractivity contribution is 7.22. The van der Waals surface area contributed by atoms with Gasteiger partial charge in [-0.05, 0) is 72.3 Å². The predicted octanol–water partition coefficient (Wildman–Crippen LogP) is 7.98. The Balaban J connectivity index is 1.16. The molecule has 3 heterocycles. The number of nitrogens with zero attached hydrogens (tertiary/aromatic N) is 5. The quantitative estimate of drug-likeness (QED) is 0.141. The van der Waals surface area contributed by atoms with E-state index in [4.69, 9.17) is 11.6 Å². The molecule has 4 aromatic carbocycles. The van der Waals surface area contributed by atoms with Crippen LogP contribution < -0.4 is 10.6 Å². The number of para-hydroxylation sites is 2. The first-order valence-electron chi connectivity index (χ1n) is 12.3. The lowest BCUT2D eigenvalue weighted by molar-refractivity contribution is 0.477. The SMILES string of the molecule is Oc1ccc(Nc2nc(Cl)nc(Nc3ccc(O)c(-c4nc5ccccc5s4)c3)n2)cc1-c1nc2ccccc2s1. The Morgan fingerprint density at radius 3 is 1.49 bits per heavy atom. The van der Waals surface area contributed by atoms with Crippen LogP contribution in [0.4, 0.5) is 23.3 Å². The van der Waals surface area contributed by atoms with Gasteiger partial charge in [0.05, 0.1) is 31.6 Å².